The van der Waals surface area contributed by atoms with Crippen molar-refractivity contribution in [3.8, 4) is 0 Å². The van der Waals surface area contributed by atoms with Gasteiger partial charge in [-0.2, -0.15) is 13.2 Å². The molecule has 2 aromatic rings. The molecule has 0 saturated carbocycles. The van der Waals surface area contributed by atoms with Gasteiger partial charge in [0.15, 0.2) is 0 Å². The van der Waals surface area contributed by atoms with E-state index in [4.69, 9.17) is 0 Å². The molecule has 0 radical (unpaired) electrons. The van der Waals surface area contributed by atoms with Gasteiger partial charge in [-0.15, -0.1) is 0 Å². The number of aromatic nitrogens is 1. The van der Waals surface area contributed by atoms with E-state index in [1.54, 1.807) is 25.3 Å². The summed E-state index contributed by atoms with van der Waals surface area (Å²) in [7, 11) is 0. The van der Waals surface area contributed by atoms with E-state index in [-0.39, 0.29) is 0 Å². The van der Waals surface area contributed by atoms with Crippen LogP contribution >= 0.6 is 0 Å². The molecule has 0 aliphatic carbocycles. The molecular weight excluding hydrogens is 203 g/mol. The Morgan fingerprint density at radius 1 is 1.27 bits per heavy atom. The molecule has 0 spiro atoms. The normalized spacial score (nSPS) is 12.3. The van der Waals surface area contributed by atoms with Gasteiger partial charge in [0.1, 0.15) is 0 Å². The minimum Gasteiger partial charge on any atom is -0.361 e. The fraction of sp³-hybridized carbons (Fsp3) is 0.273. The van der Waals surface area contributed by atoms with E-state index in [2.05, 4.69) is 4.98 Å². The van der Waals surface area contributed by atoms with Gasteiger partial charge in [0.2, 0.25) is 0 Å². The standard InChI is InChI=1S/C11H10F3N/c1-2-7-6-10-8(3-4-15-10)5-9(7)11(12,13)14/h3-6,15H,2H2,1H3. The quantitative estimate of drug-likeness (QED) is 0.742. The Balaban J connectivity index is 2.70. The lowest BCUT2D eigenvalue weighted by Gasteiger charge is -2.11. The highest BCUT2D eigenvalue weighted by atomic mass is 19.4. The largest absolute Gasteiger partial charge is 0.416 e. The first-order valence-corrected chi connectivity index (χ1v) is 4.69. The molecule has 0 aliphatic heterocycles. The number of aromatic amines is 1. The van der Waals surface area contributed by atoms with Crippen LogP contribution in [0.4, 0.5) is 13.2 Å². The zero-order chi connectivity index (χ0) is 11.1. The molecule has 1 heterocycles. The van der Waals surface area contributed by atoms with Gasteiger partial charge in [0.25, 0.3) is 0 Å². The van der Waals surface area contributed by atoms with Crippen molar-refractivity contribution in [2.75, 3.05) is 0 Å². The third-order valence-electron chi connectivity index (χ3n) is 2.46. The highest BCUT2D eigenvalue weighted by Gasteiger charge is 2.33. The molecule has 1 nitrogen and oxygen atoms in total. The minimum atomic E-state index is -4.27. The van der Waals surface area contributed by atoms with Crippen LogP contribution in [0.1, 0.15) is 18.1 Å². The topological polar surface area (TPSA) is 15.8 Å². The maximum Gasteiger partial charge on any atom is 0.416 e. The van der Waals surface area contributed by atoms with Crippen LogP contribution in [0.3, 0.4) is 0 Å². The van der Waals surface area contributed by atoms with Crippen molar-refractivity contribution in [3.63, 3.8) is 0 Å². The highest BCUT2D eigenvalue weighted by molar-refractivity contribution is 5.81. The number of rotatable bonds is 1. The molecule has 0 fully saturated rings. The molecular formula is C11H10F3N. The number of nitrogens with one attached hydrogen (secondary N) is 1. The summed E-state index contributed by atoms with van der Waals surface area (Å²) in [5, 5.41) is 0.597. The molecule has 0 amide bonds. The fourth-order valence-corrected chi connectivity index (χ4v) is 1.70. The van der Waals surface area contributed by atoms with Crippen LogP contribution in [0.2, 0.25) is 0 Å². The first kappa shape index (κ1) is 10.1. The van der Waals surface area contributed by atoms with E-state index in [0.717, 1.165) is 5.52 Å². The molecule has 4 heteroatoms. The molecule has 1 N–H and O–H groups in total. The molecule has 0 bridgehead atoms. The predicted octanol–water partition coefficient (Wildman–Crippen LogP) is 3.75. The monoisotopic (exact) mass is 213 g/mol. The molecule has 0 aliphatic rings. The number of H-pyrrole nitrogens is 1. The lowest BCUT2D eigenvalue weighted by atomic mass is 10.0. The Labute approximate surface area is 84.9 Å². The number of halogens is 3. The van der Waals surface area contributed by atoms with Crippen molar-refractivity contribution in [3.05, 3.63) is 35.5 Å². The van der Waals surface area contributed by atoms with Gasteiger partial charge >= 0.3 is 6.18 Å². The van der Waals surface area contributed by atoms with Crippen LogP contribution in [-0.4, -0.2) is 4.98 Å². The van der Waals surface area contributed by atoms with Crippen LogP contribution in [-0.2, 0) is 12.6 Å². The van der Waals surface area contributed by atoms with Crippen molar-refractivity contribution in [1.82, 2.24) is 4.98 Å². The SMILES string of the molecule is CCc1cc2[nH]ccc2cc1C(F)(F)F. The van der Waals surface area contributed by atoms with E-state index in [1.807, 2.05) is 0 Å². The number of hydrogen-bond donors (Lipinski definition) is 1. The van der Waals surface area contributed by atoms with Crippen LogP contribution in [0, 0.1) is 0 Å². The van der Waals surface area contributed by atoms with Gasteiger partial charge in [-0.3, -0.25) is 0 Å². The predicted molar refractivity (Wildman–Crippen MR) is 52.7 cm³/mol. The van der Waals surface area contributed by atoms with Crippen molar-refractivity contribution in [2.24, 2.45) is 0 Å². The number of hydrogen-bond acceptors (Lipinski definition) is 0. The fourth-order valence-electron chi connectivity index (χ4n) is 1.70. The Hall–Kier alpha value is -1.45. The van der Waals surface area contributed by atoms with Crippen LogP contribution < -0.4 is 0 Å². The summed E-state index contributed by atoms with van der Waals surface area (Å²) in [6, 6.07) is 4.41. The average Bonchev–Trinajstić information content (AvgIpc) is 2.60. The second kappa shape index (κ2) is 3.29. The summed E-state index contributed by atoms with van der Waals surface area (Å²) in [5.41, 5.74) is 0.550. The first-order valence-electron chi connectivity index (χ1n) is 4.69. The summed E-state index contributed by atoms with van der Waals surface area (Å²) < 4.78 is 38.0. The number of alkyl halides is 3. The maximum atomic E-state index is 12.7. The zero-order valence-corrected chi connectivity index (χ0v) is 8.15. The summed E-state index contributed by atoms with van der Waals surface area (Å²) in [4.78, 5) is 2.91. The van der Waals surface area contributed by atoms with Crippen LogP contribution in [0.5, 0.6) is 0 Å². The molecule has 0 saturated heterocycles. The molecule has 15 heavy (non-hydrogen) atoms. The van der Waals surface area contributed by atoms with E-state index in [0.29, 0.717) is 17.4 Å². The maximum absolute atomic E-state index is 12.7. The van der Waals surface area contributed by atoms with Gasteiger partial charge in [0.05, 0.1) is 5.56 Å². The van der Waals surface area contributed by atoms with Gasteiger partial charge in [0, 0.05) is 11.7 Å². The van der Waals surface area contributed by atoms with E-state index < -0.39 is 11.7 Å². The Morgan fingerprint density at radius 2 is 2.00 bits per heavy atom. The van der Waals surface area contributed by atoms with Crippen molar-refractivity contribution >= 4 is 10.9 Å². The first-order chi connectivity index (χ1) is 7.02. The number of aryl methyl sites for hydroxylation is 1. The summed E-state index contributed by atoms with van der Waals surface area (Å²) >= 11 is 0. The smallest absolute Gasteiger partial charge is 0.361 e. The van der Waals surface area contributed by atoms with Crippen molar-refractivity contribution in [1.29, 1.82) is 0 Å². The second-order valence-electron chi connectivity index (χ2n) is 3.43. The van der Waals surface area contributed by atoms with Gasteiger partial charge < -0.3 is 4.98 Å². The third kappa shape index (κ3) is 1.71. The summed E-state index contributed by atoms with van der Waals surface area (Å²) in [5.74, 6) is 0. The summed E-state index contributed by atoms with van der Waals surface area (Å²) in [6.45, 7) is 1.72. The third-order valence-corrected chi connectivity index (χ3v) is 2.46. The summed E-state index contributed by atoms with van der Waals surface area (Å²) in [6.07, 6.45) is -2.25. The molecule has 0 unspecified atom stereocenters. The molecule has 2 rings (SSSR count). The Bertz CT molecular complexity index is 482. The number of benzene rings is 1. The molecule has 1 aromatic carbocycles. The van der Waals surface area contributed by atoms with Crippen molar-refractivity contribution in [2.45, 2.75) is 19.5 Å². The second-order valence-corrected chi connectivity index (χ2v) is 3.43. The number of fused-ring (bicyclic) bond motifs is 1. The van der Waals surface area contributed by atoms with Crippen molar-refractivity contribution < 1.29 is 13.2 Å². The van der Waals surface area contributed by atoms with Crippen LogP contribution in [0.25, 0.3) is 10.9 Å². The molecule has 80 valence electrons. The lowest BCUT2D eigenvalue weighted by molar-refractivity contribution is -0.138. The van der Waals surface area contributed by atoms with Crippen LogP contribution in [0.15, 0.2) is 24.4 Å². The van der Waals surface area contributed by atoms with E-state index in [1.165, 1.54) is 6.07 Å². The Kier molecular flexibility index (Phi) is 2.21. The van der Waals surface area contributed by atoms with Gasteiger partial charge in [-0.05, 0) is 35.6 Å². The zero-order valence-electron chi connectivity index (χ0n) is 8.15. The van der Waals surface area contributed by atoms with E-state index in [9.17, 15) is 13.2 Å². The van der Waals surface area contributed by atoms with Gasteiger partial charge in [-0.25, -0.2) is 0 Å². The highest BCUT2D eigenvalue weighted by Crippen LogP contribution is 2.34. The van der Waals surface area contributed by atoms with Gasteiger partial charge in [-0.1, -0.05) is 6.92 Å². The Morgan fingerprint density at radius 3 is 2.60 bits per heavy atom. The van der Waals surface area contributed by atoms with E-state index >= 15 is 0 Å². The average molecular weight is 213 g/mol. The minimum absolute atomic E-state index is 0.331. The molecule has 1 aromatic heterocycles. The molecule has 0 atom stereocenters. The lowest BCUT2D eigenvalue weighted by Crippen LogP contribution is -2.08.